The van der Waals surface area contributed by atoms with E-state index in [1.165, 1.54) is 11.3 Å². The maximum atomic E-state index is 13.5. The van der Waals surface area contributed by atoms with Crippen molar-refractivity contribution in [2.75, 3.05) is 5.32 Å². The van der Waals surface area contributed by atoms with Crippen LogP contribution in [0.15, 0.2) is 63.1 Å². The molecule has 34 heavy (non-hydrogen) atoms. The van der Waals surface area contributed by atoms with E-state index in [0.717, 1.165) is 11.3 Å². The molecule has 176 valence electrons. The number of thiazole rings is 1. The molecule has 0 aliphatic heterocycles. The van der Waals surface area contributed by atoms with Gasteiger partial charge in [-0.25, -0.2) is 4.98 Å². The fraction of sp³-hybridized carbons (Fsp3) is 0.296. The largest absolute Gasteiger partial charge is 0.473 e. The number of hydrogen-bond acceptors (Lipinski definition) is 6. The first-order chi connectivity index (χ1) is 16.2. The molecule has 2 heterocycles. The van der Waals surface area contributed by atoms with E-state index in [1.807, 2.05) is 49.6 Å². The first kappa shape index (κ1) is 23.7. The minimum absolute atomic E-state index is 0.0122. The van der Waals surface area contributed by atoms with Crippen LogP contribution in [0.2, 0.25) is 0 Å². The molecule has 0 fully saturated rings. The number of anilines is 1. The van der Waals surface area contributed by atoms with Gasteiger partial charge < -0.3 is 9.15 Å². The monoisotopic (exact) mass is 476 g/mol. The van der Waals surface area contributed by atoms with Crippen LogP contribution in [0.25, 0.3) is 22.3 Å². The summed E-state index contributed by atoms with van der Waals surface area (Å²) in [7, 11) is 0. The van der Waals surface area contributed by atoms with Crippen molar-refractivity contribution in [3.63, 3.8) is 0 Å². The van der Waals surface area contributed by atoms with E-state index in [2.05, 4.69) is 31.1 Å². The fourth-order valence-corrected chi connectivity index (χ4v) is 4.30. The van der Waals surface area contributed by atoms with Gasteiger partial charge in [-0.05, 0) is 36.5 Å². The predicted molar refractivity (Wildman–Crippen MR) is 137 cm³/mol. The molecule has 0 saturated heterocycles. The summed E-state index contributed by atoms with van der Waals surface area (Å²) in [6.07, 6.45) is -0.522. The van der Waals surface area contributed by atoms with E-state index in [0.29, 0.717) is 33.8 Å². The highest BCUT2D eigenvalue weighted by atomic mass is 32.1. The molecule has 1 atom stereocenters. The quantitative estimate of drug-likeness (QED) is 0.352. The number of rotatable bonds is 6. The third-order valence-corrected chi connectivity index (χ3v) is 6.42. The van der Waals surface area contributed by atoms with Gasteiger partial charge in [0.15, 0.2) is 17.0 Å². The summed E-state index contributed by atoms with van der Waals surface area (Å²) < 4.78 is 12.3. The van der Waals surface area contributed by atoms with E-state index in [-0.39, 0.29) is 22.5 Å². The van der Waals surface area contributed by atoms with Crippen molar-refractivity contribution in [1.29, 1.82) is 0 Å². The Balaban J connectivity index is 1.76. The molecule has 4 rings (SSSR count). The van der Waals surface area contributed by atoms with Gasteiger partial charge in [0.1, 0.15) is 5.58 Å². The minimum Gasteiger partial charge on any atom is -0.473 e. The van der Waals surface area contributed by atoms with Crippen LogP contribution in [0.3, 0.4) is 0 Å². The normalized spacial score (nSPS) is 12.5. The van der Waals surface area contributed by atoms with Gasteiger partial charge in [0, 0.05) is 10.9 Å². The van der Waals surface area contributed by atoms with Crippen molar-refractivity contribution < 1.29 is 13.9 Å². The third-order valence-electron chi connectivity index (χ3n) is 5.54. The predicted octanol–water partition coefficient (Wildman–Crippen LogP) is 6.32. The molecule has 1 amide bonds. The lowest BCUT2D eigenvalue weighted by molar-refractivity contribution is -0.122. The van der Waals surface area contributed by atoms with Crippen molar-refractivity contribution in [1.82, 2.24) is 4.98 Å². The Kier molecular flexibility index (Phi) is 6.57. The van der Waals surface area contributed by atoms with Crippen LogP contribution in [0.4, 0.5) is 5.13 Å². The van der Waals surface area contributed by atoms with Crippen molar-refractivity contribution in [2.24, 2.45) is 0 Å². The molecule has 6 nitrogen and oxygen atoms in total. The van der Waals surface area contributed by atoms with Crippen LogP contribution in [-0.2, 0) is 10.2 Å². The number of benzene rings is 2. The van der Waals surface area contributed by atoms with Crippen LogP contribution in [0.1, 0.15) is 45.4 Å². The average Bonchev–Trinajstić information content (AvgIpc) is 3.22. The summed E-state index contributed by atoms with van der Waals surface area (Å²) in [5, 5.41) is 5.54. The smallest absolute Gasteiger partial charge is 0.267 e. The van der Waals surface area contributed by atoms with Gasteiger partial charge in [-0.2, -0.15) is 0 Å². The number of aryl methyl sites for hydroxylation is 1. The number of aromatic nitrogens is 1. The minimum atomic E-state index is -0.888. The Morgan fingerprint density at radius 1 is 1.15 bits per heavy atom. The summed E-state index contributed by atoms with van der Waals surface area (Å²) in [5.41, 5.74) is 2.83. The van der Waals surface area contributed by atoms with E-state index < -0.39 is 6.10 Å². The van der Waals surface area contributed by atoms with E-state index in [9.17, 15) is 9.59 Å². The highest BCUT2D eigenvalue weighted by molar-refractivity contribution is 7.13. The molecule has 0 saturated carbocycles. The summed E-state index contributed by atoms with van der Waals surface area (Å²) >= 11 is 1.34. The summed E-state index contributed by atoms with van der Waals surface area (Å²) in [5.74, 6) is -0.0292. The molecule has 1 unspecified atom stereocenters. The maximum absolute atomic E-state index is 13.5. The highest BCUT2D eigenvalue weighted by Gasteiger charge is 2.26. The molecule has 0 bridgehead atoms. The number of carbonyl (C=O) groups excluding carboxylic acids is 1. The number of carbonyl (C=O) groups is 1. The van der Waals surface area contributed by atoms with Crippen LogP contribution in [0, 0.1) is 6.92 Å². The van der Waals surface area contributed by atoms with E-state index >= 15 is 0 Å². The fourth-order valence-electron chi connectivity index (χ4n) is 3.61. The molecule has 4 aromatic rings. The molecule has 0 aliphatic carbocycles. The lowest BCUT2D eigenvalue weighted by Gasteiger charge is -2.20. The molecular weight excluding hydrogens is 448 g/mol. The standard InChI is InChI=1S/C27H28N2O4S/c1-6-20(25(31)29-26-28-16(2)15-34-26)32-24-22(30)19-9-7-8-10-21(19)33-23(24)17-11-13-18(14-12-17)27(3,4)5/h7-15,20H,6H2,1-5H3,(H,28,29,31). The molecule has 2 aromatic heterocycles. The lowest BCUT2D eigenvalue weighted by Crippen LogP contribution is -2.34. The topological polar surface area (TPSA) is 81.4 Å². The molecule has 0 radical (unpaired) electrons. The van der Waals surface area contributed by atoms with Crippen LogP contribution < -0.4 is 15.5 Å². The number of fused-ring (bicyclic) bond motifs is 1. The van der Waals surface area contributed by atoms with Crippen LogP contribution >= 0.6 is 11.3 Å². The van der Waals surface area contributed by atoms with E-state index in [1.54, 1.807) is 18.2 Å². The molecule has 0 aliphatic rings. The number of nitrogens with one attached hydrogen (secondary N) is 1. The summed E-state index contributed by atoms with van der Waals surface area (Å²) in [6.45, 7) is 10.1. The van der Waals surface area contributed by atoms with Gasteiger partial charge in [0.05, 0.1) is 11.1 Å². The Labute approximate surface area is 202 Å². The van der Waals surface area contributed by atoms with Gasteiger partial charge in [-0.3, -0.25) is 14.9 Å². The van der Waals surface area contributed by atoms with Crippen molar-refractivity contribution in [3.05, 3.63) is 75.4 Å². The Morgan fingerprint density at radius 3 is 2.47 bits per heavy atom. The molecule has 2 aromatic carbocycles. The van der Waals surface area contributed by atoms with Crippen LogP contribution in [-0.4, -0.2) is 17.0 Å². The van der Waals surface area contributed by atoms with Crippen molar-refractivity contribution >= 4 is 33.3 Å². The second-order valence-corrected chi connectivity index (χ2v) is 10.1. The summed E-state index contributed by atoms with van der Waals surface area (Å²) in [6, 6.07) is 14.9. The number of nitrogens with zero attached hydrogens (tertiary/aromatic N) is 1. The Hall–Kier alpha value is -3.45. The zero-order valence-corrected chi connectivity index (χ0v) is 20.8. The van der Waals surface area contributed by atoms with Crippen molar-refractivity contribution in [3.8, 4) is 17.1 Å². The number of ether oxygens (including phenoxy) is 1. The molecule has 7 heteroatoms. The van der Waals surface area contributed by atoms with Crippen LogP contribution in [0.5, 0.6) is 5.75 Å². The second kappa shape index (κ2) is 9.43. The van der Waals surface area contributed by atoms with Gasteiger partial charge in [0.2, 0.25) is 11.2 Å². The first-order valence-corrected chi connectivity index (χ1v) is 12.1. The molecule has 1 N–H and O–H groups in total. The number of amides is 1. The van der Waals surface area contributed by atoms with E-state index in [4.69, 9.17) is 9.15 Å². The highest BCUT2D eigenvalue weighted by Crippen LogP contribution is 2.33. The van der Waals surface area contributed by atoms with Gasteiger partial charge in [-0.15, -0.1) is 11.3 Å². The zero-order valence-electron chi connectivity index (χ0n) is 20.0. The van der Waals surface area contributed by atoms with Crippen molar-refractivity contribution in [2.45, 2.75) is 52.6 Å². The SMILES string of the molecule is CCC(Oc1c(-c2ccc(C(C)(C)C)cc2)oc2ccccc2c1=O)C(=O)Nc1nc(C)cs1. The summed E-state index contributed by atoms with van der Waals surface area (Å²) in [4.78, 5) is 30.7. The Morgan fingerprint density at radius 2 is 1.85 bits per heavy atom. The number of hydrogen-bond donors (Lipinski definition) is 1. The molecule has 0 spiro atoms. The zero-order chi connectivity index (χ0) is 24.5. The van der Waals surface area contributed by atoms with Gasteiger partial charge >= 0.3 is 0 Å². The average molecular weight is 477 g/mol. The lowest BCUT2D eigenvalue weighted by atomic mass is 9.86. The van der Waals surface area contributed by atoms with Gasteiger partial charge in [-0.1, -0.05) is 64.1 Å². The molecular formula is C27H28N2O4S. The maximum Gasteiger partial charge on any atom is 0.267 e. The second-order valence-electron chi connectivity index (χ2n) is 9.21. The number of para-hydroxylation sites is 1. The third kappa shape index (κ3) is 4.89. The Bertz CT molecular complexity index is 1380. The first-order valence-electron chi connectivity index (χ1n) is 11.2. The van der Waals surface area contributed by atoms with Gasteiger partial charge in [0.25, 0.3) is 5.91 Å².